The Balaban J connectivity index is 1.88. The van der Waals surface area contributed by atoms with Crippen LogP contribution in [0.25, 0.3) is 0 Å². The molecule has 0 radical (unpaired) electrons. The molecule has 0 spiro atoms. The van der Waals surface area contributed by atoms with Crippen LogP contribution in [-0.2, 0) is 4.74 Å². The van der Waals surface area contributed by atoms with E-state index in [9.17, 15) is 4.79 Å². The molecule has 2 aromatic carbocycles. The molecule has 5 heteroatoms. The van der Waals surface area contributed by atoms with Crippen molar-refractivity contribution in [2.24, 2.45) is 0 Å². The van der Waals surface area contributed by atoms with Crippen LogP contribution < -0.4 is 10.2 Å². The lowest BCUT2D eigenvalue weighted by Gasteiger charge is -2.30. The van der Waals surface area contributed by atoms with Crippen molar-refractivity contribution in [2.45, 2.75) is 13.8 Å². The number of aryl methyl sites for hydroxylation is 2. The Bertz CT molecular complexity index is 755. The summed E-state index contributed by atoms with van der Waals surface area (Å²) < 4.78 is 5.41. The molecule has 3 rings (SSSR count). The number of morpholine rings is 1. The fraction of sp³-hybridized carbons (Fsp3) is 0.316. The van der Waals surface area contributed by atoms with Crippen molar-refractivity contribution < 1.29 is 9.53 Å². The first-order chi connectivity index (χ1) is 11.5. The third-order valence-corrected chi connectivity index (χ3v) is 4.42. The van der Waals surface area contributed by atoms with E-state index < -0.39 is 0 Å². The van der Waals surface area contributed by atoms with E-state index in [0.29, 0.717) is 23.8 Å². The van der Waals surface area contributed by atoms with Crippen LogP contribution in [0.2, 0.25) is 5.02 Å². The van der Waals surface area contributed by atoms with Gasteiger partial charge in [-0.1, -0.05) is 29.3 Å². The van der Waals surface area contributed by atoms with E-state index in [1.54, 1.807) is 6.07 Å². The largest absolute Gasteiger partial charge is 0.378 e. The number of carbonyl (C=O) groups excluding carboxylic acids is 1. The first-order valence-corrected chi connectivity index (χ1v) is 8.43. The summed E-state index contributed by atoms with van der Waals surface area (Å²) in [6, 6.07) is 11.4. The molecule has 0 saturated carbocycles. The molecule has 24 heavy (non-hydrogen) atoms. The number of nitrogens with one attached hydrogen (secondary N) is 1. The number of rotatable bonds is 3. The monoisotopic (exact) mass is 344 g/mol. The summed E-state index contributed by atoms with van der Waals surface area (Å²) in [6.07, 6.45) is 0. The van der Waals surface area contributed by atoms with Gasteiger partial charge in [0, 0.05) is 23.7 Å². The van der Waals surface area contributed by atoms with Gasteiger partial charge >= 0.3 is 0 Å². The standard InChI is InChI=1S/C19H21ClN2O2/c1-13-3-5-16(14(2)11-13)19(23)21-17-12-15(20)4-6-18(17)22-7-9-24-10-8-22/h3-6,11-12H,7-10H2,1-2H3,(H,21,23). The van der Waals surface area contributed by atoms with Gasteiger partial charge in [0.2, 0.25) is 0 Å². The average Bonchev–Trinajstić information content (AvgIpc) is 2.55. The zero-order valence-corrected chi connectivity index (χ0v) is 14.7. The van der Waals surface area contributed by atoms with Gasteiger partial charge in [0.05, 0.1) is 24.6 Å². The number of amides is 1. The highest BCUT2D eigenvalue weighted by Gasteiger charge is 2.17. The Morgan fingerprint density at radius 2 is 1.88 bits per heavy atom. The van der Waals surface area contributed by atoms with Crippen LogP contribution >= 0.6 is 11.6 Å². The lowest BCUT2D eigenvalue weighted by Crippen LogP contribution is -2.36. The van der Waals surface area contributed by atoms with E-state index in [2.05, 4.69) is 10.2 Å². The van der Waals surface area contributed by atoms with Crippen molar-refractivity contribution in [3.8, 4) is 0 Å². The molecule has 0 bridgehead atoms. The van der Waals surface area contributed by atoms with Gasteiger partial charge in [-0.05, 0) is 43.7 Å². The molecule has 1 aliphatic rings. The van der Waals surface area contributed by atoms with Gasteiger partial charge in [0.25, 0.3) is 5.91 Å². The van der Waals surface area contributed by atoms with Crippen molar-refractivity contribution in [3.63, 3.8) is 0 Å². The van der Waals surface area contributed by atoms with E-state index in [1.807, 2.05) is 44.2 Å². The quantitative estimate of drug-likeness (QED) is 0.913. The summed E-state index contributed by atoms with van der Waals surface area (Å²) in [7, 11) is 0. The van der Waals surface area contributed by atoms with Gasteiger partial charge in [-0.25, -0.2) is 0 Å². The molecule has 2 aromatic rings. The molecule has 0 aliphatic carbocycles. The Morgan fingerprint density at radius 3 is 2.58 bits per heavy atom. The van der Waals surface area contributed by atoms with E-state index in [0.717, 1.165) is 35.6 Å². The Morgan fingerprint density at radius 1 is 1.12 bits per heavy atom. The molecule has 1 heterocycles. The first kappa shape index (κ1) is 16.8. The average molecular weight is 345 g/mol. The van der Waals surface area contributed by atoms with Crippen molar-refractivity contribution in [1.82, 2.24) is 0 Å². The SMILES string of the molecule is Cc1ccc(C(=O)Nc2cc(Cl)ccc2N2CCOCC2)c(C)c1. The van der Waals surface area contributed by atoms with Crippen molar-refractivity contribution >= 4 is 28.9 Å². The van der Waals surface area contributed by atoms with E-state index in [-0.39, 0.29) is 5.91 Å². The molecule has 1 N–H and O–H groups in total. The van der Waals surface area contributed by atoms with E-state index in [4.69, 9.17) is 16.3 Å². The molecule has 126 valence electrons. The van der Waals surface area contributed by atoms with Gasteiger partial charge in [0.15, 0.2) is 0 Å². The first-order valence-electron chi connectivity index (χ1n) is 8.05. The maximum Gasteiger partial charge on any atom is 0.255 e. The summed E-state index contributed by atoms with van der Waals surface area (Å²) in [5, 5.41) is 3.62. The highest BCUT2D eigenvalue weighted by atomic mass is 35.5. The summed E-state index contributed by atoms with van der Waals surface area (Å²) in [4.78, 5) is 14.9. The molecule has 1 fully saturated rings. The zero-order valence-electron chi connectivity index (χ0n) is 13.9. The lowest BCUT2D eigenvalue weighted by atomic mass is 10.0. The summed E-state index contributed by atoms with van der Waals surface area (Å²) >= 11 is 6.14. The Kier molecular flexibility index (Phi) is 5.07. The maximum atomic E-state index is 12.7. The topological polar surface area (TPSA) is 41.6 Å². The van der Waals surface area contributed by atoms with Crippen molar-refractivity contribution in [3.05, 3.63) is 58.1 Å². The Hall–Kier alpha value is -2.04. The minimum Gasteiger partial charge on any atom is -0.378 e. The van der Waals surface area contributed by atoms with Gasteiger partial charge in [-0.15, -0.1) is 0 Å². The number of benzene rings is 2. The number of carbonyl (C=O) groups is 1. The van der Waals surface area contributed by atoms with E-state index in [1.165, 1.54) is 0 Å². The third-order valence-electron chi connectivity index (χ3n) is 4.19. The predicted octanol–water partition coefficient (Wildman–Crippen LogP) is 4.05. The van der Waals surface area contributed by atoms with Crippen molar-refractivity contribution in [1.29, 1.82) is 0 Å². The molecule has 0 atom stereocenters. The maximum absolute atomic E-state index is 12.7. The van der Waals surface area contributed by atoms with Crippen molar-refractivity contribution in [2.75, 3.05) is 36.5 Å². The van der Waals surface area contributed by atoms with Crippen LogP contribution in [0, 0.1) is 13.8 Å². The number of anilines is 2. The molecular formula is C19H21ClN2O2. The smallest absolute Gasteiger partial charge is 0.255 e. The number of hydrogen-bond acceptors (Lipinski definition) is 3. The molecular weight excluding hydrogens is 324 g/mol. The minimum absolute atomic E-state index is 0.121. The van der Waals surface area contributed by atoms with Crippen LogP contribution in [0.5, 0.6) is 0 Å². The minimum atomic E-state index is -0.121. The highest BCUT2D eigenvalue weighted by Crippen LogP contribution is 2.30. The number of hydrogen-bond donors (Lipinski definition) is 1. The molecule has 1 amide bonds. The predicted molar refractivity (Wildman–Crippen MR) is 98.4 cm³/mol. The molecule has 4 nitrogen and oxygen atoms in total. The summed E-state index contributed by atoms with van der Waals surface area (Å²) in [5.41, 5.74) is 4.48. The Labute approximate surface area is 147 Å². The normalized spacial score (nSPS) is 14.5. The second-order valence-corrected chi connectivity index (χ2v) is 6.47. The van der Waals surface area contributed by atoms with Crippen LogP contribution in [0.4, 0.5) is 11.4 Å². The molecule has 1 saturated heterocycles. The molecule has 1 aliphatic heterocycles. The fourth-order valence-electron chi connectivity index (χ4n) is 2.95. The second kappa shape index (κ2) is 7.24. The van der Waals surface area contributed by atoms with Gasteiger partial charge in [-0.3, -0.25) is 4.79 Å². The van der Waals surface area contributed by atoms with Gasteiger partial charge in [0.1, 0.15) is 0 Å². The van der Waals surface area contributed by atoms with Crippen LogP contribution in [-0.4, -0.2) is 32.2 Å². The highest BCUT2D eigenvalue weighted by molar-refractivity contribution is 6.31. The lowest BCUT2D eigenvalue weighted by molar-refractivity contribution is 0.102. The molecule has 0 unspecified atom stereocenters. The zero-order chi connectivity index (χ0) is 17.1. The second-order valence-electron chi connectivity index (χ2n) is 6.03. The number of halogens is 1. The van der Waals surface area contributed by atoms with Gasteiger partial charge in [-0.2, -0.15) is 0 Å². The third kappa shape index (κ3) is 3.71. The summed E-state index contributed by atoms with van der Waals surface area (Å²) in [6.45, 7) is 6.94. The van der Waals surface area contributed by atoms with E-state index >= 15 is 0 Å². The summed E-state index contributed by atoms with van der Waals surface area (Å²) in [5.74, 6) is -0.121. The fourth-order valence-corrected chi connectivity index (χ4v) is 3.12. The molecule has 0 aromatic heterocycles. The van der Waals surface area contributed by atoms with Crippen LogP contribution in [0.3, 0.4) is 0 Å². The van der Waals surface area contributed by atoms with Gasteiger partial charge < -0.3 is 15.0 Å². The van der Waals surface area contributed by atoms with Crippen LogP contribution in [0.1, 0.15) is 21.5 Å². The number of nitrogens with zero attached hydrogens (tertiary/aromatic N) is 1. The number of ether oxygens (including phenoxy) is 1. The van der Waals surface area contributed by atoms with Crippen LogP contribution in [0.15, 0.2) is 36.4 Å².